The van der Waals surface area contributed by atoms with Crippen LogP contribution in [-0.2, 0) is 5.41 Å². The zero-order valence-electron chi connectivity index (χ0n) is 28.0. The Morgan fingerprint density at radius 3 is 1.69 bits per heavy atom. The van der Waals surface area contributed by atoms with Crippen LogP contribution in [-0.4, -0.2) is 9.97 Å². The van der Waals surface area contributed by atoms with Gasteiger partial charge in [0.2, 0.25) is 0 Å². The summed E-state index contributed by atoms with van der Waals surface area (Å²) in [5.74, 6) is 2.32. The van der Waals surface area contributed by atoms with E-state index in [1.54, 1.807) is 0 Å². The van der Waals surface area contributed by atoms with Gasteiger partial charge in [-0.15, -0.1) is 0 Å². The van der Waals surface area contributed by atoms with Crippen molar-refractivity contribution in [2.75, 3.05) is 0 Å². The highest BCUT2D eigenvalue weighted by molar-refractivity contribution is 5.96. The summed E-state index contributed by atoms with van der Waals surface area (Å²) in [6.45, 7) is 0. The van der Waals surface area contributed by atoms with Crippen LogP contribution in [0.4, 0.5) is 0 Å². The van der Waals surface area contributed by atoms with E-state index < -0.39 is 5.41 Å². The van der Waals surface area contributed by atoms with Gasteiger partial charge >= 0.3 is 0 Å². The Balaban J connectivity index is 1.22. The van der Waals surface area contributed by atoms with Crippen LogP contribution >= 0.6 is 0 Å². The summed E-state index contributed by atoms with van der Waals surface area (Å²) in [6.07, 6.45) is 0. The van der Waals surface area contributed by atoms with E-state index in [1.807, 2.05) is 42.5 Å². The number of hydrogen-bond donors (Lipinski definition) is 0. The fourth-order valence-corrected chi connectivity index (χ4v) is 8.14. The van der Waals surface area contributed by atoms with E-state index in [1.165, 1.54) is 22.3 Å². The lowest BCUT2D eigenvalue weighted by Crippen LogP contribution is -2.32. The number of hydrogen-bond acceptors (Lipinski definition) is 4. The molecule has 0 fully saturated rings. The van der Waals surface area contributed by atoms with Gasteiger partial charge in [0, 0.05) is 27.8 Å². The molecule has 4 nitrogen and oxygen atoms in total. The molecule has 0 unspecified atom stereocenters. The first kappa shape index (κ1) is 29.8. The molecule has 0 radical (unpaired) electrons. The third-order valence-electron chi connectivity index (χ3n) is 10.4. The largest absolute Gasteiger partial charge is 0.457 e. The summed E-state index contributed by atoms with van der Waals surface area (Å²) in [5.41, 5.74) is 13.8. The van der Waals surface area contributed by atoms with Crippen molar-refractivity contribution < 1.29 is 4.74 Å². The highest BCUT2D eigenvalue weighted by Crippen LogP contribution is 2.63. The first-order valence-electron chi connectivity index (χ1n) is 17.4. The van der Waals surface area contributed by atoms with Crippen LogP contribution in [0.25, 0.3) is 56.2 Å². The molecule has 8 aromatic rings. The number of benzene rings is 7. The van der Waals surface area contributed by atoms with E-state index in [9.17, 15) is 5.26 Å². The van der Waals surface area contributed by atoms with Gasteiger partial charge in [-0.3, -0.25) is 0 Å². The molecule has 52 heavy (non-hydrogen) atoms. The van der Waals surface area contributed by atoms with Gasteiger partial charge in [-0.05, 0) is 75.8 Å². The van der Waals surface area contributed by atoms with E-state index in [-0.39, 0.29) is 0 Å². The van der Waals surface area contributed by atoms with Crippen molar-refractivity contribution >= 4 is 0 Å². The maximum absolute atomic E-state index is 9.50. The first-order valence-corrected chi connectivity index (χ1v) is 17.4. The summed E-state index contributed by atoms with van der Waals surface area (Å²) in [6, 6.07) is 63.0. The minimum atomic E-state index is -0.577. The normalized spacial score (nSPS) is 12.9. The second-order valence-electron chi connectivity index (χ2n) is 13.2. The Morgan fingerprint density at radius 2 is 0.981 bits per heavy atom. The van der Waals surface area contributed by atoms with Gasteiger partial charge in [-0.1, -0.05) is 133 Å². The molecule has 2 aliphatic rings. The fraction of sp³-hybridized carbons (Fsp3) is 0.0208. The molecule has 242 valence electrons. The van der Waals surface area contributed by atoms with E-state index in [2.05, 4.69) is 140 Å². The second kappa shape index (κ2) is 11.8. The average Bonchev–Trinajstić information content (AvgIpc) is 3.52. The van der Waals surface area contributed by atoms with Gasteiger partial charge in [0.25, 0.3) is 0 Å². The SMILES string of the molecule is N#Cc1ccc(-c2nc(-c3ccc(-c4ccccc4)cc3)cc(-c3cccc4c3-c3ccccc3C43c4ccccc4Oc4ccccc43)n2)cc1. The molecule has 0 saturated heterocycles. The third kappa shape index (κ3) is 4.47. The van der Waals surface area contributed by atoms with Gasteiger partial charge in [0.05, 0.1) is 28.4 Å². The highest BCUT2D eigenvalue weighted by Gasteiger charge is 2.51. The Labute approximate surface area is 301 Å². The lowest BCUT2D eigenvalue weighted by atomic mass is 9.66. The number of nitriles is 1. The molecule has 0 atom stereocenters. The van der Waals surface area contributed by atoms with E-state index >= 15 is 0 Å². The first-order chi connectivity index (χ1) is 25.7. The Hall–Kier alpha value is -7.09. The van der Waals surface area contributed by atoms with Crippen LogP contribution in [0.3, 0.4) is 0 Å². The number of rotatable bonds is 4. The Bertz CT molecular complexity index is 2660. The molecule has 2 heterocycles. The number of nitrogens with zero attached hydrogens (tertiary/aromatic N) is 3. The number of para-hydroxylation sites is 2. The van der Waals surface area contributed by atoms with Crippen LogP contribution in [0.1, 0.15) is 27.8 Å². The van der Waals surface area contributed by atoms with Crippen LogP contribution < -0.4 is 4.74 Å². The second-order valence-corrected chi connectivity index (χ2v) is 13.2. The van der Waals surface area contributed by atoms with E-state index in [4.69, 9.17) is 14.7 Å². The molecule has 0 bridgehead atoms. The van der Waals surface area contributed by atoms with Crippen LogP contribution in [0, 0.1) is 11.3 Å². The molecule has 1 aliphatic heterocycles. The summed E-state index contributed by atoms with van der Waals surface area (Å²) in [5, 5.41) is 9.50. The van der Waals surface area contributed by atoms with E-state index in [0.29, 0.717) is 11.4 Å². The molecule has 10 rings (SSSR count). The molecule has 4 heteroatoms. The summed E-state index contributed by atoms with van der Waals surface area (Å²) in [7, 11) is 0. The lowest BCUT2D eigenvalue weighted by molar-refractivity contribution is 0.436. The molecule has 1 aliphatic carbocycles. The van der Waals surface area contributed by atoms with Gasteiger partial charge in [-0.25, -0.2) is 9.97 Å². The number of fused-ring (bicyclic) bond motifs is 9. The molecular weight excluding hydrogens is 635 g/mol. The zero-order chi connectivity index (χ0) is 34.6. The summed E-state index contributed by atoms with van der Waals surface area (Å²) < 4.78 is 6.55. The van der Waals surface area contributed by atoms with Crippen molar-refractivity contribution in [3.05, 3.63) is 204 Å². The maximum atomic E-state index is 9.50. The Morgan fingerprint density at radius 1 is 0.442 bits per heavy atom. The van der Waals surface area contributed by atoms with Crippen molar-refractivity contribution in [1.82, 2.24) is 9.97 Å². The minimum Gasteiger partial charge on any atom is -0.457 e. The fourth-order valence-electron chi connectivity index (χ4n) is 8.14. The molecular formula is C48H29N3O. The quantitative estimate of drug-likeness (QED) is 0.188. The van der Waals surface area contributed by atoms with Crippen molar-refractivity contribution in [1.29, 1.82) is 5.26 Å². The van der Waals surface area contributed by atoms with Crippen molar-refractivity contribution in [3.63, 3.8) is 0 Å². The van der Waals surface area contributed by atoms with Gasteiger partial charge < -0.3 is 4.74 Å². The smallest absolute Gasteiger partial charge is 0.160 e. The van der Waals surface area contributed by atoms with Crippen molar-refractivity contribution in [2.24, 2.45) is 0 Å². The molecule has 1 spiro atoms. The monoisotopic (exact) mass is 663 g/mol. The maximum Gasteiger partial charge on any atom is 0.160 e. The number of ether oxygens (including phenoxy) is 1. The standard InChI is InChI=1S/C48H29N3O/c49-30-31-21-23-35(24-22-31)47-50-42(34-27-25-33(26-28-34)32-11-2-1-3-12-32)29-43(51-47)37-14-10-18-41-46(37)36-13-4-5-15-38(36)48(41)39-16-6-8-19-44(39)52-45-20-9-7-17-40(45)48/h1-29H. The zero-order valence-corrected chi connectivity index (χ0v) is 28.0. The molecule has 0 saturated carbocycles. The van der Waals surface area contributed by atoms with Crippen LogP contribution in [0.5, 0.6) is 11.5 Å². The van der Waals surface area contributed by atoms with Crippen molar-refractivity contribution in [2.45, 2.75) is 5.41 Å². The van der Waals surface area contributed by atoms with Crippen LogP contribution in [0.15, 0.2) is 176 Å². The van der Waals surface area contributed by atoms with Gasteiger partial charge in [0.15, 0.2) is 5.82 Å². The lowest BCUT2D eigenvalue weighted by Gasteiger charge is -2.39. The Kier molecular flexibility index (Phi) is 6.74. The molecule has 1 aromatic heterocycles. The highest BCUT2D eigenvalue weighted by atomic mass is 16.5. The van der Waals surface area contributed by atoms with E-state index in [0.717, 1.165) is 61.8 Å². The molecule has 0 amide bonds. The van der Waals surface area contributed by atoms with Crippen LogP contribution in [0.2, 0.25) is 0 Å². The minimum absolute atomic E-state index is 0.577. The predicted molar refractivity (Wildman–Crippen MR) is 206 cm³/mol. The van der Waals surface area contributed by atoms with Gasteiger partial charge in [-0.2, -0.15) is 5.26 Å². The van der Waals surface area contributed by atoms with Gasteiger partial charge in [0.1, 0.15) is 11.5 Å². The number of aromatic nitrogens is 2. The third-order valence-corrected chi connectivity index (χ3v) is 10.4. The topological polar surface area (TPSA) is 58.8 Å². The predicted octanol–water partition coefficient (Wildman–Crippen LogP) is 11.5. The summed E-state index contributed by atoms with van der Waals surface area (Å²) in [4.78, 5) is 10.4. The van der Waals surface area contributed by atoms with Crippen molar-refractivity contribution in [3.8, 4) is 73.7 Å². The average molecular weight is 664 g/mol. The summed E-state index contributed by atoms with van der Waals surface area (Å²) >= 11 is 0. The molecule has 7 aromatic carbocycles. The molecule has 0 N–H and O–H groups in total.